The van der Waals surface area contributed by atoms with Gasteiger partial charge in [-0.15, -0.1) is 10.2 Å². The van der Waals surface area contributed by atoms with Crippen molar-refractivity contribution < 1.29 is 9.32 Å². The van der Waals surface area contributed by atoms with Crippen molar-refractivity contribution in [2.45, 2.75) is 19.9 Å². The maximum Gasteiger partial charge on any atom is 0.271 e. The second-order valence-corrected chi connectivity index (χ2v) is 5.73. The summed E-state index contributed by atoms with van der Waals surface area (Å²) in [5.74, 6) is 1.85. The van der Waals surface area contributed by atoms with Crippen LogP contribution >= 0.6 is 0 Å². The number of nitrogens with zero attached hydrogens (tertiary/aromatic N) is 6. The summed E-state index contributed by atoms with van der Waals surface area (Å²) in [5.41, 5.74) is 0.320. The third-order valence-electron chi connectivity index (χ3n) is 4.20. The molecule has 0 bridgehead atoms. The molecule has 0 aliphatic carbocycles. The first kappa shape index (κ1) is 16.3. The van der Waals surface area contributed by atoms with E-state index >= 15 is 0 Å². The number of piperazine rings is 1. The highest BCUT2D eigenvalue weighted by Gasteiger charge is 2.26. The molecule has 1 unspecified atom stereocenters. The Hall–Kier alpha value is -2.55. The predicted molar refractivity (Wildman–Crippen MR) is 86.7 cm³/mol. The van der Waals surface area contributed by atoms with Crippen LogP contribution in [0.1, 0.15) is 35.2 Å². The fourth-order valence-corrected chi connectivity index (χ4v) is 2.72. The van der Waals surface area contributed by atoms with Crippen LogP contribution in [0.5, 0.6) is 0 Å². The summed E-state index contributed by atoms with van der Waals surface area (Å²) in [7, 11) is 1.57. The lowest BCUT2D eigenvalue weighted by Gasteiger charge is -2.37. The molecule has 0 radical (unpaired) electrons. The highest BCUT2D eigenvalue weighted by molar-refractivity contribution is 5.91. The molecule has 1 atom stereocenters. The Morgan fingerprint density at radius 1 is 1.25 bits per heavy atom. The van der Waals surface area contributed by atoms with Gasteiger partial charge < -0.3 is 14.7 Å². The van der Waals surface area contributed by atoms with E-state index in [1.54, 1.807) is 13.1 Å². The van der Waals surface area contributed by atoms with Crippen LogP contribution in [0, 0.1) is 6.92 Å². The summed E-state index contributed by atoms with van der Waals surface area (Å²) in [6.45, 7) is 7.26. The highest BCUT2D eigenvalue weighted by atomic mass is 16.5. The number of aryl methyl sites for hydroxylation is 1. The van der Waals surface area contributed by atoms with Crippen LogP contribution in [0.25, 0.3) is 0 Å². The molecule has 2 aromatic heterocycles. The van der Waals surface area contributed by atoms with E-state index in [1.165, 1.54) is 0 Å². The smallest absolute Gasteiger partial charge is 0.271 e. The second kappa shape index (κ2) is 6.91. The van der Waals surface area contributed by atoms with Crippen molar-refractivity contribution in [2.24, 2.45) is 0 Å². The van der Waals surface area contributed by atoms with Crippen LogP contribution in [0.15, 0.2) is 16.7 Å². The average molecular weight is 331 g/mol. The standard InChI is InChI=1S/C15H21N7O2/c1-10(15-17-11(2)20-24-15)21-6-8-22(9-7-21)13-5-4-12(18-19-13)14(23)16-3/h4-5,10H,6-9H2,1-3H3,(H,16,23). The quantitative estimate of drug-likeness (QED) is 0.860. The number of aromatic nitrogens is 4. The Bertz CT molecular complexity index is 692. The van der Waals surface area contributed by atoms with E-state index in [9.17, 15) is 4.79 Å². The second-order valence-electron chi connectivity index (χ2n) is 5.73. The molecule has 1 fully saturated rings. The molecule has 0 aromatic carbocycles. The maximum absolute atomic E-state index is 11.5. The molecule has 0 spiro atoms. The van der Waals surface area contributed by atoms with Gasteiger partial charge in [-0.1, -0.05) is 5.16 Å². The molecule has 1 aliphatic rings. The summed E-state index contributed by atoms with van der Waals surface area (Å²) in [6.07, 6.45) is 0. The van der Waals surface area contributed by atoms with Crippen LogP contribution in [0.4, 0.5) is 5.82 Å². The normalized spacial score (nSPS) is 16.9. The molecule has 9 nitrogen and oxygen atoms in total. The minimum absolute atomic E-state index is 0.0926. The molecular weight excluding hydrogens is 310 g/mol. The van der Waals surface area contributed by atoms with Crippen LogP contribution < -0.4 is 10.2 Å². The molecule has 1 saturated heterocycles. The zero-order chi connectivity index (χ0) is 17.1. The molecule has 1 amide bonds. The lowest BCUT2D eigenvalue weighted by molar-refractivity contribution is 0.0957. The largest absolute Gasteiger partial charge is 0.354 e. The van der Waals surface area contributed by atoms with Gasteiger partial charge in [0.25, 0.3) is 5.91 Å². The van der Waals surface area contributed by atoms with Crippen molar-refractivity contribution in [2.75, 3.05) is 38.1 Å². The van der Waals surface area contributed by atoms with Gasteiger partial charge >= 0.3 is 0 Å². The fraction of sp³-hybridized carbons (Fsp3) is 0.533. The number of carbonyl (C=O) groups excluding carboxylic acids is 1. The monoisotopic (exact) mass is 331 g/mol. The lowest BCUT2D eigenvalue weighted by atomic mass is 10.2. The van der Waals surface area contributed by atoms with Gasteiger partial charge in [-0.25, -0.2) is 0 Å². The van der Waals surface area contributed by atoms with E-state index in [0.717, 1.165) is 32.0 Å². The Labute approximate surface area is 140 Å². The van der Waals surface area contributed by atoms with E-state index in [2.05, 4.69) is 42.4 Å². The average Bonchev–Trinajstić information content (AvgIpc) is 3.07. The van der Waals surface area contributed by atoms with Crippen molar-refractivity contribution in [3.05, 3.63) is 29.5 Å². The molecule has 2 aromatic rings. The number of hydrogen-bond donors (Lipinski definition) is 1. The van der Waals surface area contributed by atoms with E-state index in [0.29, 0.717) is 17.4 Å². The van der Waals surface area contributed by atoms with Gasteiger partial charge in [0.05, 0.1) is 6.04 Å². The molecule has 1 aliphatic heterocycles. The number of carbonyl (C=O) groups is 1. The zero-order valence-electron chi connectivity index (χ0n) is 14.1. The first-order valence-electron chi connectivity index (χ1n) is 7.93. The summed E-state index contributed by atoms with van der Waals surface area (Å²) in [4.78, 5) is 20.3. The third kappa shape index (κ3) is 3.35. The van der Waals surface area contributed by atoms with Gasteiger partial charge in [-0.2, -0.15) is 4.98 Å². The van der Waals surface area contributed by atoms with Crippen molar-refractivity contribution in [1.82, 2.24) is 30.6 Å². The molecular formula is C15H21N7O2. The molecule has 24 heavy (non-hydrogen) atoms. The summed E-state index contributed by atoms with van der Waals surface area (Å²) >= 11 is 0. The molecule has 1 N–H and O–H groups in total. The van der Waals surface area contributed by atoms with Gasteiger partial charge in [0.15, 0.2) is 17.3 Å². The number of nitrogens with one attached hydrogen (secondary N) is 1. The zero-order valence-corrected chi connectivity index (χ0v) is 14.1. The fourth-order valence-electron chi connectivity index (χ4n) is 2.72. The van der Waals surface area contributed by atoms with Gasteiger partial charge in [0, 0.05) is 33.2 Å². The number of amides is 1. The maximum atomic E-state index is 11.5. The van der Waals surface area contributed by atoms with E-state index in [4.69, 9.17) is 4.52 Å². The van der Waals surface area contributed by atoms with Crippen LogP contribution in [0.2, 0.25) is 0 Å². The topological polar surface area (TPSA) is 100 Å². The Morgan fingerprint density at radius 3 is 2.54 bits per heavy atom. The first-order valence-corrected chi connectivity index (χ1v) is 7.93. The summed E-state index contributed by atoms with van der Waals surface area (Å²) in [5, 5.41) is 14.5. The van der Waals surface area contributed by atoms with Gasteiger partial charge in [0.1, 0.15) is 0 Å². The van der Waals surface area contributed by atoms with Crippen LogP contribution in [0.3, 0.4) is 0 Å². The van der Waals surface area contributed by atoms with Crippen molar-refractivity contribution in [3.63, 3.8) is 0 Å². The first-order chi connectivity index (χ1) is 11.6. The van der Waals surface area contributed by atoms with Gasteiger partial charge in [0.2, 0.25) is 5.89 Å². The molecule has 128 valence electrons. The van der Waals surface area contributed by atoms with Crippen LogP contribution in [-0.4, -0.2) is 64.4 Å². The third-order valence-corrected chi connectivity index (χ3v) is 4.20. The number of anilines is 1. The summed E-state index contributed by atoms with van der Waals surface area (Å²) in [6, 6.07) is 3.62. The number of hydrogen-bond acceptors (Lipinski definition) is 8. The van der Waals surface area contributed by atoms with Crippen molar-refractivity contribution >= 4 is 11.7 Å². The molecule has 9 heteroatoms. The van der Waals surface area contributed by atoms with E-state index < -0.39 is 0 Å². The Kier molecular flexibility index (Phi) is 4.70. The predicted octanol–water partition coefficient (Wildman–Crippen LogP) is 0.411. The van der Waals surface area contributed by atoms with Gasteiger partial charge in [-0.05, 0) is 26.0 Å². The van der Waals surface area contributed by atoms with Crippen LogP contribution in [-0.2, 0) is 0 Å². The minimum atomic E-state index is -0.234. The summed E-state index contributed by atoms with van der Waals surface area (Å²) < 4.78 is 5.26. The molecule has 0 saturated carbocycles. The Balaban J connectivity index is 1.59. The molecule has 3 heterocycles. The number of rotatable bonds is 4. The van der Waals surface area contributed by atoms with E-state index in [1.807, 2.05) is 13.0 Å². The lowest BCUT2D eigenvalue weighted by Crippen LogP contribution is -2.47. The van der Waals surface area contributed by atoms with Crippen molar-refractivity contribution in [1.29, 1.82) is 0 Å². The SMILES string of the molecule is CNC(=O)c1ccc(N2CCN(C(C)c3nc(C)no3)CC2)nn1. The van der Waals surface area contributed by atoms with Crippen molar-refractivity contribution in [3.8, 4) is 0 Å². The van der Waals surface area contributed by atoms with E-state index in [-0.39, 0.29) is 11.9 Å². The molecule has 3 rings (SSSR count). The minimum Gasteiger partial charge on any atom is -0.354 e. The van der Waals surface area contributed by atoms with Gasteiger partial charge in [-0.3, -0.25) is 9.69 Å². The highest BCUT2D eigenvalue weighted by Crippen LogP contribution is 2.21. The Morgan fingerprint density at radius 2 is 2.00 bits per heavy atom.